The van der Waals surface area contributed by atoms with E-state index in [1.807, 2.05) is 11.0 Å². The molecule has 3 aliphatic rings. The highest BCUT2D eigenvalue weighted by Gasteiger charge is 2.36. The Morgan fingerprint density at radius 3 is 3.00 bits per heavy atom. The van der Waals surface area contributed by atoms with Crippen molar-refractivity contribution in [3.8, 4) is 0 Å². The molecule has 2 heterocycles. The Balaban J connectivity index is 1.34. The van der Waals surface area contributed by atoms with Crippen LogP contribution in [-0.4, -0.2) is 48.7 Å². The van der Waals surface area contributed by atoms with E-state index in [0.29, 0.717) is 18.0 Å². The third-order valence-corrected chi connectivity index (χ3v) is 6.54. The second-order valence-electron chi connectivity index (χ2n) is 6.84. The van der Waals surface area contributed by atoms with Gasteiger partial charge in [0.1, 0.15) is 4.88 Å². The summed E-state index contributed by atoms with van der Waals surface area (Å²) in [5.41, 5.74) is 1.27. The number of aryl methyl sites for hydroxylation is 2. The minimum absolute atomic E-state index is 0.0901. The molecule has 1 aliphatic heterocycles. The molecule has 5 nitrogen and oxygen atoms in total. The first-order valence-corrected chi connectivity index (χ1v) is 9.74. The number of carbonyl (C=O) groups excluding carboxylic acids is 2. The molecule has 2 atom stereocenters. The minimum atomic E-state index is -0.365. The number of fused-ring (bicyclic) bond motifs is 2. The highest BCUT2D eigenvalue weighted by molar-refractivity contribution is 7.14. The summed E-state index contributed by atoms with van der Waals surface area (Å²) in [6.45, 7) is 1.02. The third kappa shape index (κ3) is 3.09. The van der Waals surface area contributed by atoms with Gasteiger partial charge in [-0.1, -0.05) is 12.8 Å². The van der Waals surface area contributed by atoms with Gasteiger partial charge in [-0.25, -0.2) is 4.79 Å². The number of hydrogen-bond acceptors (Lipinski definition) is 5. The lowest BCUT2D eigenvalue weighted by atomic mass is 9.90. The lowest BCUT2D eigenvalue weighted by Gasteiger charge is -2.43. The summed E-state index contributed by atoms with van der Waals surface area (Å²) in [5, 5.41) is 0. The zero-order valence-corrected chi connectivity index (χ0v) is 14.6. The number of rotatable bonds is 3. The summed E-state index contributed by atoms with van der Waals surface area (Å²) in [4.78, 5) is 28.5. The molecule has 0 spiro atoms. The first-order chi connectivity index (χ1) is 11.7. The molecule has 2 aliphatic carbocycles. The fourth-order valence-corrected chi connectivity index (χ4v) is 5.26. The van der Waals surface area contributed by atoms with Crippen molar-refractivity contribution in [1.82, 2.24) is 4.90 Å². The van der Waals surface area contributed by atoms with E-state index in [9.17, 15) is 9.59 Å². The van der Waals surface area contributed by atoms with Crippen LogP contribution in [0.5, 0.6) is 0 Å². The first-order valence-electron chi connectivity index (χ1n) is 8.92. The number of thiophene rings is 1. The van der Waals surface area contributed by atoms with Crippen LogP contribution in [-0.2, 0) is 27.1 Å². The zero-order chi connectivity index (χ0) is 16.5. The van der Waals surface area contributed by atoms with Crippen molar-refractivity contribution in [3.05, 3.63) is 21.4 Å². The molecule has 1 amide bonds. The fourth-order valence-electron chi connectivity index (χ4n) is 4.12. The average Bonchev–Trinajstić information content (AvgIpc) is 3.20. The lowest BCUT2D eigenvalue weighted by molar-refractivity contribution is -0.152. The van der Waals surface area contributed by atoms with Crippen LogP contribution < -0.4 is 0 Å². The van der Waals surface area contributed by atoms with Crippen molar-refractivity contribution in [3.63, 3.8) is 0 Å². The van der Waals surface area contributed by atoms with Crippen molar-refractivity contribution in [2.45, 2.75) is 57.1 Å². The van der Waals surface area contributed by atoms with Crippen LogP contribution in [0, 0.1) is 0 Å². The molecule has 2 fully saturated rings. The van der Waals surface area contributed by atoms with Crippen LogP contribution in [0.25, 0.3) is 0 Å². The number of morpholine rings is 1. The quantitative estimate of drug-likeness (QED) is 0.787. The summed E-state index contributed by atoms with van der Waals surface area (Å²) in [7, 11) is 0. The molecule has 1 aromatic rings. The smallest absolute Gasteiger partial charge is 0.348 e. The number of ether oxygens (including phenoxy) is 2. The highest BCUT2D eigenvalue weighted by atomic mass is 32.1. The molecule has 130 valence electrons. The van der Waals surface area contributed by atoms with Gasteiger partial charge in [-0.15, -0.1) is 11.3 Å². The zero-order valence-electron chi connectivity index (χ0n) is 13.8. The van der Waals surface area contributed by atoms with E-state index < -0.39 is 0 Å². The Morgan fingerprint density at radius 2 is 2.12 bits per heavy atom. The first kappa shape index (κ1) is 16.1. The molecule has 24 heavy (non-hydrogen) atoms. The predicted octanol–water partition coefficient (Wildman–Crippen LogP) is 2.56. The van der Waals surface area contributed by atoms with Crippen LogP contribution in [0.1, 0.15) is 52.2 Å². The highest BCUT2D eigenvalue weighted by Crippen LogP contribution is 2.31. The molecule has 1 saturated carbocycles. The van der Waals surface area contributed by atoms with E-state index in [2.05, 4.69) is 0 Å². The van der Waals surface area contributed by atoms with Gasteiger partial charge in [0.25, 0.3) is 5.91 Å². The topological polar surface area (TPSA) is 55.8 Å². The molecular weight excluding hydrogens is 326 g/mol. The Bertz CT molecular complexity index is 617. The largest absolute Gasteiger partial charge is 0.451 e. The SMILES string of the molecule is O=C(OCC(=O)N1CCO[C@@H]2CCCC[C@@H]21)c1cc2c(s1)CCC2. The Hall–Kier alpha value is -1.40. The van der Waals surface area contributed by atoms with Gasteiger partial charge in [0.2, 0.25) is 0 Å². The molecule has 6 heteroatoms. The number of esters is 1. The van der Waals surface area contributed by atoms with E-state index in [4.69, 9.17) is 9.47 Å². The van der Waals surface area contributed by atoms with Gasteiger partial charge in [-0.3, -0.25) is 4.79 Å². The van der Waals surface area contributed by atoms with Crippen molar-refractivity contribution in [1.29, 1.82) is 0 Å². The third-order valence-electron chi connectivity index (χ3n) is 5.33. The predicted molar refractivity (Wildman–Crippen MR) is 90.3 cm³/mol. The minimum Gasteiger partial charge on any atom is -0.451 e. The molecule has 0 N–H and O–H groups in total. The summed E-state index contributed by atoms with van der Waals surface area (Å²) in [6, 6.07) is 2.09. The Morgan fingerprint density at radius 1 is 1.25 bits per heavy atom. The van der Waals surface area contributed by atoms with Crippen LogP contribution >= 0.6 is 11.3 Å². The van der Waals surface area contributed by atoms with Crippen molar-refractivity contribution in [2.75, 3.05) is 19.8 Å². The average molecular weight is 349 g/mol. The van der Waals surface area contributed by atoms with E-state index in [1.54, 1.807) is 0 Å². The van der Waals surface area contributed by atoms with E-state index in [1.165, 1.54) is 34.6 Å². The van der Waals surface area contributed by atoms with Crippen LogP contribution in [0.4, 0.5) is 0 Å². The summed E-state index contributed by atoms with van der Waals surface area (Å²) in [6.07, 6.45) is 7.76. The van der Waals surface area contributed by atoms with Crippen molar-refractivity contribution >= 4 is 23.2 Å². The van der Waals surface area contributed by atoms with Gasteiger partial charge in [-0.2, -0.15) is 0 Å². The van der Waals surface area contributed by atoms with Gasteiger partial charge in [0.05, 0.1) is 18.8 Å². The van der Waals surface area contributed by atoms with Crippen LogP contribution in [0.15, 0.2) is 6.07 Å². The van der Waals surface area contributed by atoms with E-state index in [-0.39, 0.29) is 30.6 Å². The Kier molecular flexibility index (Phi) is 4.59. The van der Waals surface area contributed by atoms with E-state index >= 15 is 0 Å². The van der Waals surface area contributed by atoms with Gasteiger partial charge in [-0.05, 0) is 43.7 Å². The van der Waals surface area contributed by atoms with Crippen LogP contribution in [0.2, 0.25) is 0 Å². The second-order valence-corrected chi connectivity index (χ2v) is 7.97. The fraction of sp³-hybridized carbons (Fsp3) is 0.667. The molecule has 4 rings (SSSR count). The van der Waals surface area contributed by atoms with Crippen molar-refractivity contribution < 1.29 is 19.1 Å². The van der Waals surface area contributed by atoms with Crippen molar-refractivity contribution in [2.24, 2.45) is 0 Å². The standard InChI is InChI=1S/C18H23NO4S/c20-17(19-8-9-22-14-6-2-1-5-13(14)19)11-23-18(21)16-10-12-4-3-7-15(12)24-16/h10,13-14H,1-9,11H2/t13-,14+/m0/s1. The molecule has 0 unspecified atom stereocenters. The molecule has 1 aromatic heterocycles. The molecule has 0 bridgehead atoms. The normalized spacial score (nSPS) is 25.9. The number of amides is 1. The van der Waals surface area contributed by atoms with Crippen LogP contribution in [0.3, 0.4) is 0 Å². The monoisotopic (exact) mass is 349 g/mol. The molecular formula is C18H23NO4S. The van der Waals surface area contributed by atoms with Gasteiger partial charge < -0.3 is 14.4 Å². The molecule has 1 saturated heterocycles. The summed E-state index contributed by atoms with van der Waals surface area (Å²) in [5.74, 6) is -0.455. The maximum absolute atomic E-state index is 12.5. The van der Waals surface area contributed by atoms with Gasteiger partial charge in [0.15, 0.2) is 6.61 Å². The van der Waals surface area contributed by atoms with Gasteiger partial charge in [0, 0.05) is 11.4 Å². The second kappa shape index (κ2) is 6.84. The summed E-state index contributed by atoms with van der Waals surface area (Å²) >= 11 is 1.52. The number of hydrogen-bond donors (Lipinski definition) is 0. The number of carbonyl (C=O) groups is 2. The maximum Gasteiger partial charge on any atom is 0.348 e. The Labute approximate surface area is 145 Å². The number of nitrogens with zero attached hydrogens (tertiary/aromatic N) is 1. The maximum atomic E-state index is 12.5. The summed E-state index contributed by atoms with van der Waals surface area (Å²) < 4.78 is 11.1. The molecule has 0 radical (unpaired) electrons. The van der Waals surface area contributed by atoms with Gasteiger partial charge >= 0.3 is 5.97 Å². The lowest BCUT2D eigenvalue weighted by Crippen LogP contribution is -2.55. The van der Waals surface area contributed by atoms with E-state index in [0.717, 1.165) is 32.1 Å². The molecule has 0 aromatic carbocycles.